The molecule has 0 radical (unpaired) electrons. The number of hydrogen-bond acceptors (Lipinski definition) is 6. The minimum atomic E-state index is -3.16. The van der Waals surface area contributed by atoms with Gasteiger partial charge >= 0.3 is 5.76 Å². The lowest BCUT2D eigenvalue weighted by atomic mass is 10.2. The van der Waals surface area contributed by atoms with E-state index in [-0.39, 0.29) is 12.2 Å². The SMILES string of the molecule is CS(=O)(=O)CCC(N)C(=O)Nc1ccc2oc(=O)[nH]c2c1. The molecule has 0 spiro atoms. The number of sulfone groups is 1. The molecule has 0 saturated carbocycles. The van der Waals surface area contributed by atoms with Crippen molar-refractivity contribution in [2.45, 2.75) is 12.5 Å². The quantitative estimate of drug-likeness (QED) is 0.700. The van der Waals surface area contributed by atoms with Crippen molar-refractivity contribution in [1.82, 2.24) is 4.98 Å². The standard InChI is InChI=1S/C12H15N3O5S/c1-21(18,19)5-4-8(13)11(16)14-7-2-3-10-9(6-7)15-12(17)20-10/h2-3,6,8H,4-5,13H2,1H3,(H,14,16)(H,15,17). The van der Waals surface area contributed by atoms with Crippen molar-refractivity contribution >= 4 is 32.5 Å². The Morgan fingerprint density at radius 1 is 1.48 bits per heavy atom. The Morgan fingerprint density at radius 2 is 2.19 bits per heavy atom. The van der Waals surface area contributed by atoms with Crippen molar-refractivity contribution in [2.75, 3.05) is 17.3 Å². The molecule has 1 amide bonds. The number of nitrogens with one attached hydrogen (secondary N) is 2. The number of hydrogen-bond donors (Lipinski definition) is 3. The van der Waals surface area contributed by atoms with Gasteiger partial charge in [0.15, 0.2) is 5.58 Å². The molecule has 0 bridgehead atoms. The number of aromatic amines is 1. The van der Waals surface area contributed by atoms with Gasteiger partial charge in [-0.15, -0.1) is 0 Å². The highest BCUT2D eigenvalue weighted by molar-refractivity contribution is 7.90. The maximum absolute atomic E-state index is 11.8. The Bertz CT molecular complexity index is 821. The Balaban J connectivity index is 2.05. The summed E-state index contributed by atoms with van der Waals surface area (Å²) in [6.45, 7) is 0. The van der Waals surface area contributed by atoms with Crippen LogP contribution in [0.15, 0.2) is 27.4 Å². The minimum absolute atomic E-state index is 0.0372. The van der Waals surface area contributed by atoms with E-state index in [0.29, 0.717) is 16.8 Å². The average molecular weight is 313 g/mol. The fourth-order valence-corrected chi connectivity index (χ4v) is 2.42. The van der Waals surface area contributed by atoms with Crippen molar-refractivity contribution in [3.05, 3.63) is 28.7 Å². The molecule has 21 heavy (non-hydrogen) atoms. The highest BCUT2D eigenvalue weighted by Gasteiger charge is 2.16. The third-order valence-electron chi connectivity index (χ3n) is 2.82. The van der Waals surface area contributed by atoms with Crippen LogP contribution in [0.25, 0.3) is 11.1 Å². The van der Waals surface area contributed by atoms with Gasteiger partial charge in [-0.1, -0.05) is 0 Å². The van der Waals surface area contributed by atoms with Crippen molar-refractivity contribution in [3.63, 3.8) is 0 Å². The smallest absolute Gasteiger partial charge is 0.408 e. The van der Waals surface area contributed by atoms with Crippen LogP contribution in [0.3, 0.4) is 0 Å². The Labute approximate surface area is 120 Å². The molecule has 114 valence electrons. The predicted octanol–water partition coefficient (Wildman–Crippen LogP) is -0.178. The summed E-state index contributed by atoms with van der Waals surface area (Å²) in [5.74, 6) is -1.24. The van der Waals surface area contributed by atoms with Crippen molar-refractivity contribution < 1.29 is 17.6 Å². The second-order valence-corrected chi connectivity index (χ2v) is 7.00. The van der Waals surface area contributed by atoms with Crippen LogP contribution in [0, 0.1) is 0 Å². The lowest BCUT2D eigenvalue weighted by Gasteiger charge is -2.11. The van der Waals surface area contributed by atoms with Crippen LogP contribution in [0.4, 0.5) is 5.69 Å². The summed E-state index contributed by atoms with van der Waals surface area (Å²) in [6, 6.07) is 3.69. The van der Waals surface area contributed by atoms with Gasteiger partial charge in [0, 0.05) is 11.9 Å². The molecule has 1 aromatic heterocycles. The van der Waals surface area contributed by atoms with E-state index in [9.17, 15) is 18.0 Å². The first-order valence-corrected chi connectivity index (χ1v) is 8.18. The van der Waals surface area contributed by atoms with Crippen LogP contribution in [0.2, 0.25) is 0 Å². The number of anilines is 1. The summed E-state index contributed by atoms with van der Waals surface area (Å²) in [4.78, 5) is 25.3. The molecule has 0 aliphatic rings. The van der Waals surface area contributed by atoms with Crippen LogP contribution in [-0.4, -0.2) is 37.4 Å². The van der Waals surface area contributed by atoms with Crippen LogP contribution < -0.4 is 16.8 Å². The zero-order valence-electron chi connectivity index (χ0n) is 11.3. The molecule has 0 aliphatic carbocycles. The topological polar surface area (TPSA) is 135 Å². The first-order valence-electron chi connectivity index (χ1n) is 6.12. The third-order valence-corrected chi connectivity index (χ3v) is 3.80. The highest BCUT2D eigenvalue weighted by Crippen LogP contribution is 2.16. The second kappa shape index (κ2) is 5.70. The number of aromatic nitrogens is 1. The van der Waals surface area contributed by atoms with Gasteiger partial charge < -0.3 is 15.5 Å². The Morgan fingerprint density at radius 3 is 2.86 bits per heavy atom. The van der Waals surface area contributed by atoms with E-state index < -0.39 is 27.5 Å². The molecular weight excluding hydrogens is 298 g/mol. The summed E-state index contributed by atoms with van der Waals surface area (Å²) >= 11 is 0. The molecule has 2 rings (SSSR count). The van der Waals surface area contributed by atoms with Crippen molar-refractivity contribution in [3.8, 4) is 0 Å². The van der Waals surface area contributed by atoms with Gasteiger partial charge in [0.25, 0.3) is 0 Å². The molecule has 0 saturated heterocycles. The first kappa shape index (κ1) is 15.3. The molecule has 1 aromatic carbocycles. The van der Waals surface area contributed by atoms with E-state index in [4.69, 9.17) is 10.2 Å². The maximum Gasteiger partial charge on any atom is 0.417 e. The van der Waals surface area contributed by atoms with E-state index in [0.717, 1.165) is 6.26 Å². The molecule has 2 aromatic rings. The van der Waals surface area contributed by atoms with E-state index in [1.54, 1.807) is 6.07 Å². The molecule has 1 heterocycles. The minimum Gasteiger partial charge on any atom is -0.408 e. The normalized spacial score (nSPS) is 13.2. The lowest BCUT2D eigenvalue weighted by Crippen LogP contribution is -2.37. The number of fused-ring (bicyclic) bond motifs is 1. The zero-order chi connectivity index (χ0) is 15.6. The van der Waals surface area contributed by atoms with E-state index >= 15 is 0 Å². The Hall–Kier alpha value is -2.13. The van der Waals surface area contributed by atoms with Crippen molar-refractivity contribution in [1.29, 1.82) is 0 Å². The number of carbonyl (C=O) groups excluding carboxylic acids is 1. The van der Waals surface area contributed by atoms with Crippen LogP contribution in [0.5, 0.6) is 0 Å². The average Bonchev–Trinajstić information content (AvgIpc) is 2.74. The molecule has 1 unspecified atom stereocenters. The summed E-state index contributed by atoms with van der Waals surface area (Å²) in [6.07, 6.45) is 1.12. The van der Waals surface area contributed by atoms with Gasteiger partial charge in [0.1, 0.15) is 9.84 Å². The van der Waals surface area contributed by atoms with E-state index in [1.807, 2.05) is 0 Å². The molecular formula is C12H15N3O5S. The number of carbonyl (C=O) groups is 1. The third kappa shape index (κ3) is 4.17. The summed E-state index contributed by atoms with van der Waals surface area (Å²) in [7, 11) is -3.16. The largest absolute Gasteiger partial charge is 0.417 e. The molecule has 8 nitrogen and oxygen atoms in total. The van der Waals surface area contributed by atoms with Gasteiger partial charge in [0.05, 0.1) is 17.3 Å². The van der Waals surface area contributed by atoms with E-state index in [2.05, 4.69) is 10.3 Å². The number of rotatable bonds is 5. The number of oxazole rings is 1. The monoisotopic (exact) mass is 313 g/mol. The van der Waals surface area contributed by atoms with Crippen molar-refractivity contribution in [2.24, 2.45) is 5.73 Å². The van der Waals surface area contributed by atoms with Gasteiger partial charge in [-0.3, -0.25) is 9.78 Å². The fraction of sp³-hybridized carbons (Fsp3) is 0.333. The molecule has 0 aliphatic heterocycles. The zero-order valence-corrected chi connectivity index (χ0v) is 12.1. The van der Waals surface area contributed by atoms with Crippen LogP contribution in [-0.2, 0) is 14.6 Å². The molecule has 9 heteroatoms. The van der Waals surface area contributed by atoms with E-state index in [1.165, 1.54) is 12.1 Å². The summed E-state index contributed by atoms with van der Waals surface area (Å²) in [5.41, 5.74) is 6.89. The van der Waals surface area contributed by atoms with Gasteiger partial charge in [-0.25, -0.2) is 13.2 Å². The highest BCUT2D eigenvalue weighted by atomic mass is 32.2. The molecule has 0 fully saturated rings. The second-order valence-electron chi connectivity index (χ2n) is 4.74. The number of H-pyrrole nitrogens is 1. The predicted molar refractivity (Wildman–Crippen MR) is 77.8 cm³/mol. The molecule has 4 N–H and O–H groups in total. The number of nitrogens with two attached hydrogens (primary N) is 1. The fourth-order valence-electron chi connectivity index (χ4n) is 1.74. The van der Waals surface area contributed by atoms with Crippen LogP contribution in [0.1, 0.15) is 6.42 Å². The first-order chi connectivity index (χ1) is 9.74. The lowest BCUT2D eigenvalue weighted by molar-refractivity contribution is -0.117. The Kier molecular flexibility index (Phi) is 4.14. The van der Waals surface area contributed by atoms with Crippen LogP contribution >= 0.6 is 0 Å². The van der Waals surface area contributed by atoms with Gasteiger partial charge in [-0.05, 0) is 24.6 Å². The van der Waals surface area contributed by atoms with Gasteiger partial charge in [-0.2, -0.15) is 0 Å². The molecule has 1 atom stereocenters. The van der Waals surface area contributed by atoms with Gasteiger partial charge in [0.2, 0.25) is 5.91 Å². The summed E-state index contributed by atoms with van der Waals surface area (Å²) < 4.78 is 26.9. The maximum atomic E-state index is 11.8. The number of amides is 1. The summed E-state index contributed by atoms with van der Waals surface area (Å²) in [5, 5.41) is 2.56. The number of benzene rings is 1.